The normalized spacial score (nSPS) is 10.5. The summed E-state index contributed by atoms with van der Waals surface area (Å²) in [5.74, 6) is 0.135. The van der Waals surface area contributed by atoms with E-state index in [0.717, 1.165) is 26.2 Å². The molecule has 0 spiro atoms. The summed E-state index contributed by atoms with van der Waals surface area (Å²) >= 11 is 3.20. The van der Waals surface area contributed by atoms with Gasteiger partial charge in [0.2, 0.25) is 0 Å². The third-order valence-corrected chi connectivity index (χ3v) is 2.71. The summed E-state index contributed by atoms with van der Waals surface area (Å²) in [6, 6.07) is 1.44. The number of hydrogen-bond acceptors (Lipinski definition) is 3. The van der Waals surface area contributed by atoms with Gasteiger partial charge >= 0.3 is 0 Å². The maximum Gasteiger partial charge on any atom is 0.166 e. The van der Waals surface area contributed by atoms with Crippen LogP contribution in [0.4, 0.5) is 10.2 Å². The number of nitrogens with one attached hydrogen (secondary N) is 1. The third kappa shape index (κ3) is 3.72. The SMILES string of the molecule is CCNCCN(CC)c1ncc(Br)cc1F. The lowest BCUT2D eigenvalue weighted by Crippen LogP contribution is -2.33. The number of nitrogens with zero attached hydrogens (tertiary/aromatic N) is 2. The van der Waals surface area contributed by atoms with Crippen LogP contribution in [0.5, 0.6) is 0 Å². The predicted molar refractivity (Wildman–Crippen MR) is 68.3 cm³/mol. The maximum absolute atomic E-state index is 13.6. The Morgan fingerprint density at radius 1 is 1.50 bits per heavy atom. The molecule has 5 heteroatoms. The quantitative estimate of drug-likeness (QED) is 0.816. The number of hydrogen-bond donors (Lipinski definition) is 1. The van der Waals surface area contributed by atoms with E-state index in [-0.39, 0.29) is 5.82 Å². The molecule has 0 aliphatic carbocycles. The molecule has 0 aromatic carbocycles. The van der Waals surface area contributed by atoms with Gasteiger partial charge < -0.3 is 10.2 Å². The summed E-state index contributed by atoms with van der Waals surface area (Å²) in [4.78, 5) is 6.03. The number of likely N-dealkylation sites (N-methyl/N-ethyl adjacent to an activating group) is 2. The molecule has 0 atom stereocenters. The van der Waals surface area contributed by atoms with Crippen LogP contribution in [0.15, 0.2) is 16.7 Å². The molecule has 1 aromatic heterocycles. The van der Waals surface area contributed by atoms with E-state index in [9.17, 15) is 4.39 Å². The highest BCUT2D eigenvalue weighted by atomic mass is 79.9. The molecule has 16 heavy (non-hydrogen) atoms. The summed E-state index contributed by atoms with van der Waals surface area (Å²) in [7, 11) is 0. The lowest BCUT2D eigenvalue weighted by molar-refractivity contribution is 0.602. The summed E-state index contributed by atoms with van der Waals surface area (Å²) in [6.45, 7) is 7.31. The molecular weight excluding hydrogens is 273 g/mol. The van der Waals surface area contributed by atoms with Crippen LogP contribution in [0.25, 0.3) is 0 Å². The molecule has 0 aliphatic rings. The number of rotatable bonds is 6. The van der Waals surface area contributed by atoms with E-state index in [1.165, 1.54) is 6.07 Å². The van der Waals surface area contributed by atoms with Crippen molar-refractivity contribution in [2.24, 2.45) is 0 Å². The van der Waals surface area contributed by atoms with Crippen LogP contribution in [-0.4, -0.2) is 31.2 Å². The largest absolute Gasteiger partial charge is 0.353 e. The average Bonchev–Trinajstić information content (AvgIpc) is 2.26. The van der Waals surface area contributed by atoms with Gasteiger partial charge in [-0.15, -0.1) is 0 Å². The number of aromatic nitrogens is 1. The Morgan fingerprint density at radius 3 is 2.81 bits per heavy atom. The highest BCUT2D eigenvalue weighted by Gasteiger charge is 2.11. The number of anilines is 1. The van der Waals surface area contributed by atoms with E-state index in [1.54, 1.807) is 6.20 Å². The van der Waals surface area contributed by atoms with Crippen molar-refractivity contribution < 1.29 is 4.39 Å². The van der Waals surface area contributed by atoms with Crippen LogP contribution in [0.2, 0.25) is 0 Å². The Bertz CT molecular complexity index is 333. The Hall–Kier alpha value is -0.680. The van der Waals surface area contributed by atoms with Crippen molar-refractivity contribution in [3.05, 3.63) is 22.6 Å². The van der Waals surface area contributed by atoms with Crippen LogP contribution in [0, 0.1) is 5.82 Å². The molecule has 1 heterocycles. The van der Waals surface area contributed by atoms with E-state index in [0.29, 0.717) is 10.3 Å². The molecule has 0 aliphatic heterocycles. The van der Waals surface area contributed by atoms with Crippen LogP contribution in [-0.2, 0) is 0 Å². The average molecular weight is 290 g/mol. The highest BCUT2D eigenvalue weighted by molar-refractivity contribution is 9.10. The first-order valence-electron chi connectivity index (χ1n) is 5.45. The molecule has 0 saturated heterocycles. The zero-order valence-electron chi connectivity index (χ0n) is 9.63. The minimum Gasteiger partial charge on any atom is -0.353 e. The molecule has 0 unspecified atom stereocenters. The van der Waals surface area contributed by atoms with Crippen LogP contribution >= 0.6 is 15.9 Å². The fourth-order valence-corrected chi connectivity index (χ4v) is 1.75. The van der Waals surface area contributed by atoms with Gasteiger partial charge in [0.05, 0.1) is 0 Å². The van der Waals surface area contributed by atoms with Gasteiger partial charge in [-0.2, -0.15) is 0 Å². The van der Waals surface area contributed by atoms with Crippen molar-refractivity contribution in [2.75, 3.05) is 31.1 Å². The molecule has 0 saturated carbocycles. The summed E-state index contributed by atoms with van der Waals surface area (Å²) in [6.07, 6.45) is 1.62. The fourth-order valence-electron chi connectivity index (χ4n) is 1.44. The van der Waals surface area contributed by atoms with Crippen LogP contribution < -0.4 is 10.2 Å². The van der Waals surface area contributed by atoms with E-state index >= 15 is 0 Å². The van der Waals surface area contributed by atoms with E-state index in [2.05, 4.69) is 33.2 Å². The zero-order valence-corrected chi connectivity index (χ0v) is 11.2. The van der Waals surface area contributed by atoms with E-state index < -0.39 is 0 Å². The van der Waals surface area contributed by atoms with Gasteiger partial charge in [0.15, 0.2) is 11.6 Å². The van der Waals surface area contributed by atoms with Crippen molar-refractivity contribution in [1.29, 1.82) is 0 Å². The van der Waals surface area contributed by atoms with Gasteiger partial charge in [0.25, 0.3) is 0 Å². The second kappa shape index (κ2) is 6.81. The standard InChI is InChI=1S/C11H17BrFN3/c1-3-14-5-6-16(4-2)11-10(13)7-9(12)8-15-11/h7-8,14H,3-6H2,1-2H3. The molecule has 90 valence electrons. The minimum atomic E-state index is -0.285. The van der Waals surface area contributed by atoms with Crippen molar-refractivity contribution in [3.63, 3.8) is 0 Å². The van der Waals surface area contributed by atoms with Crippen molar-refractivity contribution in [1.82, 2.24) is 10.3 Å². The predicted octanol–water partition coefficient (Wildman–Crippen LogP) is 2.42. The Labute approximate surface area is 104 Å². The highest BCUT2D eigenvalue weighted by Crippen LogP contribution is 2.19. The lowest BCUT2D eigenvalue weighted by Gasteiger charge is -2.22. The smallest absolute Gasteiger partial charge is 0.166 e. The molecule has 1 aromatic rings. The molecule has 3 nitrogen and oxygen atoms in total. The summed E-state index contributed by atoms with van der Waals surface area (Å²) in [5.41, 5.74) is 0. The van der Waals surface area contributed by atoms with E-state index in [1.807, 2.05) is 11.8 Å². The molecule has 0 bridgehead atoms. The summed E-state index contributed by atoms with van der Waals surface area (Å²) in [5, 5.41) is 3.21. The second-order valence-electron chi connectivity index (χ2n) is 3.39. The molecule has 0 amide bonds. The van der Waals surface area contributed by atoms with Crippen molar-refractivity contribution in [2.45, 2.75) is 13.8 Å². The van der Waals surface area contributed by atoms with Gasteiger partial charge in [0.1, 0.15) is 0 Å². The maximum atomic E-state index is 13.6. The van der Waals surface area contributed by atoms with Gasteiger partial charge in [0, 0.05) is 30.3 Å². The lowest BCUT2D eigenvalue weighted by atomic mass is 10.4. The summed E-state index contributed by atoms with van der Waals surface area (Å²) < 4.78 is 14.3. The third-order valence-electron chi connectivity index (χ3n) is 2.28. The first kappa shape index (κ1) is 13.4. The molecule has 0 fully saturated rings. The van der Waals surface area contributed by atoms with Gasteiger partial charge in [-0.25, -0.2) is 9.37 Å². The Morgan fingerprint density at radius 2 is 2.25 bits per heavy atom. The fraction of sp³-hybridized carbons (Fsp3) is 0.545. The molecular formula is C11H17BrFN3. The first-order chi connectivity index (χ1) is 7.69. The first-order valence-corrected chi connectivity index (χ1v) is 6.25. The van der Waals surface area contributed by atoms with Gasteiger partial charge in [-0.05, 0) is 35.5 Å². The van der Waals surface area contributed by atoms with Crippen molar-refractivity contribution in [3.8, 4) is 0 Å². The van der Waals surface area contributed by atoms with Crippen LogP contribution in [0.1, 0.15) is 13.8 Å². The van der Waals surface area contributed by atoms with Crippen LogP contribution in [0.3, 0.4) is 0 Å². The van der Waals surface area contributed by atoms with Crippen molar-refractivity contribution >= 4 is 21.7 Å². The topological polar surface area (TPSA) is 28.2 Å². The minimum absolute atomic E-state index is 0.285. The number of halogens is 2. The monoisotopic (exact) mass is 289 g/mol. The zero-order chi connectivity index (χ0) is 12.0. The Kier molecular flexibility index (Phi) is 5.69. The molecule has 1 rings (SSSR count). The second-order valence-corrected chi connectivity index (χ2v) is 4.31. The molecule has 1 N–H and O–H groups in total. The van der Waals surface area contributed by atoms with E-state index in [4.69, 9.17) is 0 Å². The van der Waals surface area contributed by atoms with Gasteiger partial charge in [-0.1, -0.05) is 6.92 Å². The number of pyridine rings is 1. The Balaban J connectivity index is 2.70. The molecule has 0 radical (unpaired) electrons. The van der Waals surface area contributed by atoms with Gasteiger partial charge in [-0.3, -0.25) is 0 Å².